The van der Waals surface area contributed by atoms with Crippen LogP contribution in [0.15, 0.2) is 22.6 Å². The summed E-state index contributed by atoms with van der Waals surface area (Å²) >= 11 is 11.8. The van der Waals surface area contributed by atoms with Gasteiger partial charge < -0.3 is 9.15 Å². The second-order valence-electron chi connectivity index (χ2n) is 3.88. The minimum Gasteiger partial charge on any atom is -0.460 e. The molecule has 0 radical (unpaired) electrons. The highest BCUT2D eigenvalue weighted by Gasteiger charge is 2.28. The van der Waals surface area contributed by atoms with Crippen LogP contribution >= 0.6 is 23.2 Å². The van der Waals surface area contributed by atoms with Crippen molar-refractivity contribution in [2.24, 2.45) is 0 Å². The molecule has 0 N–H and O–H groups in total. The summed E-state index contributed by atoms with van der Waals surface area (Å²) in [5, 5.41) is 0.528. The maximum atomic E-state index is 12.9. The number of benzene rings is 1. The van der Waals surface area contributed by atoms with E-state index in [-0.39, 0.29) is 23.1 Å². The smallest absolute Gasteiger partial charge is 0.376 e. The number of halogens is 4. The summed E-state index contributed by atoms with van der Waals surface area (Å²) in [7, 11) is 0. The van der Waals surface area contributed by atoms with Gasteiger partial charge in [0.15, 0.2) is 5.69 Å². The third-order valence-corrected chi connectivity index (χ3v) is 3.04. The maximum absolute atomic E-state index is 12.9. The van der Waals surface area contributed by atoms with Crippen molar-refractivity contribution in [2.75, 3.05) is 6.61 Å². The minimum absolute atomic E-state index is 0.0233. The number of ether oxygens (including phenoxy) is 1. The van der Waals surface area contributed by atoms with E-state index in [0.717, 1.165) is 0 Å². The second kappa shape index (κ2) is 6.41. The number of oxazole rings is 1. The van der Waals surface area contributed by atoms with Crippen LogP contribution in [0.5, 0.6) is 0 Å². The molecule has 1 aromatic heterocycles. The van der Waals surface area contributed by atoms with Gasteiger partial charge in [-0.25, -0.2) is 18.6 Å². The van der Waals surface area contributed by atoms with Gasteiger partial charge in [-0.15, -0.1) is 0 Å². The summed E-state index contributed by atoms with van der Waals surface area (Å²) in [6, 6.07) is 4.39. The summed E-state index contributed by atoms with van der Waals surface area (Å²) in [6.45, 7) is 1.57. The zero-order chi connectivity index (χ0) is 15.6. The second-order valence-corrected chi connectivity index (χ2v) is 4.72. The van der Waals surface area contributed by atoms with Crippen LogP contribution in [0.1, 0.15) is 29.6 Å². The molecule has 0 spiro atoms. The number of nitrogens with zero attached hydrogens (tertiary/aromatic N) is 1. The van der Waals surface area contributed by atoms with Crippen LogP contribution in [0.4, 0.5) is 8.78 Å². The van der Waals surface area contributed by atoms with Crippen molar-refractivity contribution in [1.82, 2.24) is 4.98 Å². The molecule has 0 fully saturated rings. The van der Waals surface area contributed by atoms with Crippen molar-refractivity contribution < 1.29 is 22.7 Å². The fraction of sp³-hybridized carbons (Fsp3) is 0.231. The molecule has 8 heteroatoms. The first-order chi connectivity index (χ1) is 9.93. The van der Waals surface area contributed by atoms with Gasteiger partial charge >= 0.3 is 5.97 Å². The summed E-state index contributed by atoms with van der Waals surface area (Å²) in [5.74, 6) is -1.87. The lowest BCUT2D eigenvalue weighted by Gasteiger charge is -2.00. The largest absolute Gasteiger partial charge is 0.460 e. The Morgan fingerprint density at radius 1 is 1.43 bits per heavy atom. The fourth-order valence-corrected chi connectivity index (χ4v) is 1.97. The molecular formula is C13H9Cl2F2NO3. The quantitative estimate of drug-likeness (QED) is 0.755. The lowest BCUT2D eigenvalue weighted by Crippen LogP contribution is -2.06. The van der Waals surface area contributed by atoms with E-state index in [4.69, 9.17) is 27.6 Å². The van der Waals surface area contributed by atoms with E-state index < -0.39 is 23.8 Å². The molecular weight excluding hydrogens is 327 g/mol. The Balaban J connectivity index is 2.53. The highest BCUT2D eigenvalue weighted by atomic mass is 35.5. The Bertz CT molecular complexity index is 673. The van der Waals surface area contributed by atoms with Crippen molar-refractivity contribution in [3.63, 3.8) is 0 Å². The molecule has 0 unspecified atom stereocenters. The Morgan fingerprint density at radius 2 is 2.14 bits per heavy atom. The highest BCUT2D eigenvalue weighted by molar-refractivity contribution is 6.35. The third kappa shape index (κ3) is 3.33. The molecule has 0 saturated heterocycles. The molecule has 0 saturated carbocycles. The van der Waals surface area contributed by atoms with Crippen molar-refractivity contribution in [2.45, 2.75) is 13.3 Å². The van der Waals surface area contributed by atoms with Crippen LogP contribution in [0.25, 0.3) is 11.5 Å². The van der Waals surface area contributed by atoms with Crippen molar-refractivity contribution in [3.05, 3.63) is 39.7 Å². The number of hydrogen-bond donors (Lipinski definition) is 0. The average molecular weight is 336 g/mol. The predicted molar refractivity (Wildman–Crippen MR) is 72.9 cm³/mol. The molecule has 0 amide bonds. The van der Waals surface area contributed by atoms with Gasteiger partial charge in [-0.2, -0.15) is 0 Å². The number of esters is 1. The van der Waals surface area contributed by atoms with E-state index in [1.165, 1.54) is 18.2 Å². The Hall–Kier alpha value is -1.66. The minimum atomic E-state index is -2.99. The molecule has 0 aliphatic rings. The lowest BCUT2D eigenvalue weighted by atomic mass is 10.2. The van der Waals surface area contributed by atoms with Crippen molar-refractivity contribution in [3.8, 4) is 11.5 Å². The number of hydrogen-bond acceptors (Lipinski definition) is 4. The molecule has 21 heavy (non-hydrogen) atoms. The Labute approximate surface area is 128 Å². The normalized spacial score (nSPS) is 11.0. The molecule has 1 heterocycles. The molecule has 0 aliphatic carbocycles. The van der Waals surface area contributed by atoms with Crippen molar-refractivity contribution >= 4 is 29.2 Å². The van der Waals surface area contributed by atoms with Gasteiger partial charge in [-0.05, 0) is 25.1 Å². The van der Waals surface area contributed by atoms with Crippen molar-refractivity contribution in [1.29, 1.82) is 0 Å². The van der Waals surface area contributed by atoms with Crippen LogP contribution in [0.3, 0.4) is 0 Å². The summed E-state index contributed by atoms with van der Waals surface area (Å²) < 4.78 is 35.7. The van der Waals surface area contributed by atoms with Gasteiger partial charge in [0.25, 0.3) is 6.43 Å². The predicted octanol–water partition coefficient (Wildman–Crippen LogP) is 4.76. The zero-order valence-electron chi connectivity index (χ0n) is 10.7. The SMILES string of the molecule is CCOC(=O)c1oc(-c2cc(Cl)ccc2Cl)nc1C(F)F. The molecule has 4 nitrogen and oxygen atoms in total. The van der Waals surface area contributed by atoms with E-state index in [1.54, 1.807) is 6.92 Å². The van der Waals surface area contributed by atoms with Gasteiger partial charge in [0.2, 0.25) is 11.7 Å². The molecule has 0 bridgehead atoms. The standard InChI is InChI=1S/C13H9Cl2F2NO3/c1-2-20-13(19)10-9(11(16)17)18-12(21-10)7-5-6(14)3-4-8(7)15/h3-5,11H,2H2,1H3. The van der Waals surface area contributed by atoms with Gasteiger partial charge in [-0.3, -0.25) is 0 Å². The van der Waals surface area contributed by atoms with Crippen LogP contribution in [0, 0.1) is 0 Å². The highest BCUT2D eigenvalue weighted by Crippen LogP contribution is 2.34. The first-order valence-electron chi connectivity index (χ1n) is 5.85. The van der Waals surface area contributed by atoms with Crippen LogP contribution in [-0.4, -0.2) is 17.6 Å². The first-order valence-corrected chi connectivity index (χ1v) is 6.61. The molecule has 2 aromatic rings. The summed E-state index contributed by atoms with van der Waals surface area (Å²) in [4.78, 5) is 15.2. The number of aromatic nitrogens is 1. The topological polar surface area (TPSA) is 52.3 Å². The Morgan fingerprint density at radius 3 is 2.76 bits per heavy atom. The first kappa shape index (κ1) is 15.7. The van der Waals surface area contributed by atoms with Gasteiger partial charge in [0.1, 0.15) is 0 Å². The molecule has 112 valence electrons. The van der Waals surface area contributed by atoms with Crippen LogP contribution in [0.2, 0.25) is 10.0 Å². The average Bonchev–Trinajstić information content (AvgIpc) is 2.87. The lowest BCUT2D eigenvalue weighted by molar-refractivity contribution is 0.0476. The van der Waals surface area contributed by atoms with E-state index in [1.807, 2.05) is 0 Å². The van der Waals surface area contributed by atoms with E-state index in [2.05, 4.69) is 9.72 Å². The number of alkyl halides is 2. The third-order valence-electron chi connectivity index (χ3n) is 2.48. The molecule has 1 aromatic carbocycles. The Kier molecular flexibility index (Phi) is 4.80. The van der Waals surface area contributed by atoms with E-state index in [0.29, 0.717) is 5.02 Å². The number of carbonyl (C=O) groups is 1. The monoisotopic (exact) mass is 335 g/mol. The number of carbonyl (C=O) groups excluding carboxylic acids is 1. The molecule has 0 aliphatic heterocycles. The molecule has 0 atom stereocenters. The summed E-state index contributed by atoms with van der Waals surface area (Å²) in [6.07, 6.45) is -2.99. The van der Waals surface area contributed by atoms with Gasteiger partial charge in [0.05, 0.1) is 17.2 Å². The van der Waals surface area contributed by atoms with E-state index in [9.17, 15) is 13.6 Å². The van der Waals surface area contributed by atoms with Crippen LogP contribution < -0.4 is 0 Å². The van der Waals surface area contributed by atoms with Gasteiger partial charge in [0, 0.05) is 5.02 Å². The van der Waals surface area contributed by atoms with E-state index >= 15 is 0 Å². The number of rotatable bonds is 4. The molecule has 2 rings (SSSR count). The fourth-order valence-electron chi connectivity index (χ4n) is 1.60. The van der Waals surface area contributed by atoms with Gasteiger partial charge in [-0.1, -0.05) is 23.2 Å². The maximum Gasteiger partial charge on any atom is 0.376 e. The summed E-state index contributed by atoms with van der Waals surface area (Å²) in [5.41, 5.74) is -0.582. The zero-order valence-corrected chi connectivity index (χ0v) is 12.2. The van der Waals surface area contributed by atoms with Crippen LogP contribution in [-0.2, 0) is 4.74 Å².